The third-order valence-electron chi connectivity index (χ3n) is 5.94. The highest BCUT2D eigenvalue weighted by Gasteiger charge is 2.39. The number of benzene rings is 2. The van der Waals surface area contributed by atoms with Crippen molar-refractivity contribution in [3.05, 3.63) is 70.0 Å². The molecule has 170 valence electrons. The van der Waals surface area contributed by atoms with Crippen LogP contribution in [0.25, 0.3) is 0 Å². The SMILES string of the molecule is O=C(c1ccc(Cl)cc1)N1CCN(C2CN(C(=O)c3cc(F)c(F)c(F)c3)CC2O)CC1. The molecular weight excluding hydrogens is 447 g/mol. The van der Waals surface area contributed by atoms with Crippen LogP contribution in [-0.4, -0.2) is 83.0 Å². The molecule has 2 aliphatic rings. The molecule has 32 heavy (non-hydrogen) atoms. The summed E-state index contributed by atoms with van der Waals surface area (Å²) in [7, 11) is 0. The molecular formula is C22H21ClF3N3O3. The Bertz CT molecular complexity index is 1010. The fraction of sp³-hybridized carbons (Fsp3) is 0.364. The molecule has 2 aromatic carbocycles. The van der Waals surface area contributed by atoms with Gasteiger partial charge in [0.15, 0.2) is 17.5 Å². The van der Waals surface area contributed by atoms with Gasteiger partial charge in [-0.25, -0.2) is 13.2 Å². The van der Waals surface area contributed by atoms with Crippen molar-refractivity contribution < 1.29 is 27.9 Å². The Morgan fingerprint density at radius 2 is 1.41 bits per heavy atom. The van der Waals surface area contributed by atoms with Crippen LogP contribution in [0, 0.1) is 17.5 Å². The lowest BCUT2D eigenvalue weighted by Gasteiger charge is -2.38. The van der Waals surface area contributed by atoms with Crippen LogP contribution < -0.4 is 0 Å². The monoisotopic (exact) mass is 467 g/mol. The van der Waals surface area contributed by atoms with E-state index in [1.54, 1.807) is 29.2 Å². The van der Waals surface area contributed by atoms with E-state index in [9.17, 15) is 27.9 Å². The summed E-state index contributed by atoms with van der Waals surface area (Å²) in [6, 6.07) is 7.59. The van der Waals surface area contributed by atoms with Gasteiger partial charge in [-0.15, -0.1) is 0 Å². The number of aliphatic hydroxyl groups excluding tert-OH is 1. The lowest BCUT2D eigenvalue weighted by atomic mass is 10.1. The first kappa shape index (κ1) is 22.6. The Hall–Kier alpha value is -2.62. The first-order valence-corrected chi connectivity index (χ1v) is 10.5. The predicted octanol–water partition coefficient (Wildman–Crippen LogP) is 2.40. The second-order valence-corrected chi connectivity index (χ2v) is 8.37. The fourth-order valence-corrected chi connectivity index (χ4v) is 4.31. The zero-order valence-corrected chi connectivity index (χ0v) is 17.7. The molecule has 6 nitrogen and oxygen atoms in total. The van der Waals surface area contributed by atoms with Gasteiger partial charge < -0.3 is 14.9 Å². The molecule has 0 radical (unpaired) electrons. The van der Waals surface area contributed by atoms with E-state index in [1.807, 2.05) is 4.90 Å². The van der Waals surface area contributed by atoms with E-state index in [4.69, 9.17) is 11.6 Å². The first-order chi connectivity index (χ1) is 15.2. The van der Waals surface area contributed by atoms with Crippen molar-refractivity contribution >= 4 is 23.4 Å². The molecule has 2 atom stereocenters. The number of carbonyl (C=O) groups is 2. The minimum atomic E-state index is -1.63. The Balaban J connectivity index is 1.37. The quantitative estimate of drug-likeness (QED) is 0.704. The average Bonchev–Trinajstić information content (AvgIpc) is 3.18. The molecule has 2 fully saturated rings. The number of piperazine rings is 1. The Kier molecular flexibility index (Phi) is 6.41. The van der Waals surface area contributed by atoms with Crippen molar-refractivity contribution in [1.29, 1.82) is 0 Å². The van der Waals surface area contributed by atoms with Crippen LogP contribution in [0.1, 0.15) is 20.7 Å². The normalized spacial score (nSPS) is 21.8. The van der Waals surface area contributed by atoms with E-state index in [2.05, 4.69) is 0 Å². The largest absolute Gasteiger partial charge is 0.390 e. The second-order valence-electron chi connectivity index (χ2n) is 7.93. The molecule has 4 rings (SSSR count). The van der Waals surface area contributed by atoms with Gasteiger partial charge in [-0.2, -0.15) is 0 Å². The van der Waals surface area contributed by atoms with Crippen LogP contribution in [0.2, 0.25) is 5.02 Å². The summed E-state index contributed by atoms with van der Waals surface area (Å²) in [5.74, 6) is -5.30. The van der Waals surface area contributed by atoms with Crippen LogP contribution >= 0.6 is 11.6 Å². The summed E-state index contributed by atoms with van der Waals surface area (Å²) in [5.41, 5.74) is 0.229. The smallest absolute Gasteiger partial charge is 0.254 e. The van der Waals surface area contributed by atoms with Crippen LogP contribution in [0.4, 0.5) is 13.2 Å². The zero-order chi connectivity index (χ0) is 23.0. The van der Waals surface area contributed by atoms with E-state index in [0.717, 1.165) is 0 Å². The van der Waals surface area contributed by atoms with Crippen LogP contribution in [-0.2, 0) is 0 Å². The van der Waals surface area contributed by atoms with Crippen molar-refractivity contribution in [3.8, 4) is 0 Å². The van der Waals surface area contributed by atoms with Gasteiger partial charge in [0, 0.05) is 55.4 Å². The van der Waals surface area contributed by atoms with Gasteiger partial charge in [0.1, 0.15) is 0 Å². The van der Waals surface area contributed by atoms with E-state index in [1.165, 1.54) is 4.90 Å². The minimum absolute atomic E-state index is 0.00592. The molecule has 2 saturated heterocycles. The molecule has 10 heteroatoms. The van der Waals surface area contributed by atoms with Gasteiger partial charge in [-0.3, -0.25) is 14.5 Å². The van der Waals surface area contributed by atoms with Crippen molar-refractivity contribution in [2.45, 2.75) is 12.1 Å². The first-order valence-electron chi connectivity index (χ1n) is 10.2. The molecule has 0 aromatic heterocycles. The summed E-state index contributed by atoms with van der Waals surface area (Å²) < 4.78 is 40.2. The maximum atomic E-state index is 13.5. The maximum Gasteiger partial charge on any atom is 0.254 e. The Morgan fingerprint density at radius 1 is 0.844 bits per heavy atom. The molecule has 0 spiro atoms. The number of amides is 2. The van der Waals surface area contributed by atoms with Gasteiger partial charge in [-0.1, -0.05) is 11.6 Å². The molecule has 2 unspecified atom stereocenters. The number of hydrogen-bond acceptors (Lipinski definition) is 4. The van der Waals surface area contributed by atoms with E-state index in [-0.39, 0.29) is 30.6 Å². The lowest BCUT2D eigenvalue weighted by molar-refractivity contribution is 0.0376. The molecule has 2 amide bonds. The number of halogens is 4. The van der Waals surface area contributed by atoms with Gasteiger partial charge in [0.05, 0.1) is 12.1 Å². The molecule has 0 aliphatic carbocycles. The second kappa shape index (κ2) is 9.09. The Morgan fingerprint density at radius 3 is 2.00 bits per heavy atom. The highest BCUT2D eigenvalue weighted by atomic mass is 35.5. The highest BCUT2D eigenvalue weighted by Crippen LogP contribution is 2.22. The van der Waals surface area contributed by atoms with Crippen molar-refractivity contribution in [1.82, 2.24) is 14.7 Å². The van der Waals surface area contributed by atoms with Crippen LogP contribution in [0.5, 0.6) is 0 Å². The van der Waals surface area contributed by atoms with Gasteiger partial charge >= 0.3 is 0 Å². The molecule has 0 bridgehead atoms. The lowest BCUT2D eigenvalue weighted by Crippen LogP contribution is -2.54. The molecule has 2 heterocycles. The zero-order valence-electron chi connectivity index (χ0n) is 17.0. The predicted molar refractivity (Wildman–Crippen MR) is 111 cm³/mol. The third-order valence-corrected chi connectivity index (χ3v) is 6.19. The van der Waals surface area contributed by atoms with Crippen molar-refractivity contribution in [2.75, 3.05) is 39.3 Å². The van der Waals surface area contributed by atoms with Gasteiger partial charge in [-0.05, 0) is 36.4 Å². The number of β-amino-alcohol motifs (C(OH)–C–C–N with tert-alkyl or cyclic N) is 1. The summed E-state index contributed by atoms with van der Waals surface area (Å²) in [5, 5.41) is 11.1. The molecule has 2 aromatic rings. The van der Waals surface area contributed by atoms with Crippen molar-refractivity contribution in [2.24, 2.45) is 0 Å². The number of likely N-dealkylation sites (tertiary alicyclic amines) is 1. The van der Waals surface area contributed by atoms with Crippen LogP contribution in [0.15, 0.2) is 36.4 Å². The third kappa shape index (κ3) is 4.46. The summed E-state index contributed by atoms with van der Waals surface area (Å²) >= 11 is 5.87. The molecule has 2 aliphatic heterocycles. The maximum absolute atomic E-state index is 13.5. The minimum Gasteiger partial charge on any atom is -0.390 e. The van der Waals surface area contributed by atoms with Crippen LogP contribution in [0.3, 0.4) is 0 Å². The van der Waals surface area contributed by atoms with E-state index < -0.39 is 29.5 Å². The number of carbonyl (C=O) groups excluding carboxylic acids is 2. The fourth-order valence-electron chi connectivity index (χ4n) is 4.19. The van der Waals surface area contributed by atoms with Gasteiger partial charge in [0.2, 0.25) is 0 Å². The Labute approximate surface area is 187 Å². The number of hydrogen-bond donors (Lipinski definition) is 1. The summed E-state index contributed by atoms with van der Waals surface area (Å²) in [6.45, 7) is 2.06. The average molecular weight is 468 g/mol. The summed E-state index contributed by atoms with van der Waals surface area (Å²) in [4.78, 5) is 30.3. The molecule has 0 saturated carbocycles. The number of aliphatic hydroxyl groups is 1. The highest BCUT2D eigenvalue weighted by molar-refractivity contribution is 6.30. The van der Waals surface area contributed by atoms with E-state index >= 15 is 0 Å². The number of nitrogens with zero attached hydrogens (tertiary/aromatic N) is 3. The van der Waals surface area contributed by atoms with Gasteiger partial charge in [0.25, 0.3) is 11.8 Å². The van der Waals surface area contributed by atoms with E-state index in [0.29, 0.717) is 48.9 Å². The summed E-state index contributed by atoms with van der Waals surface area (Å²) in [6.07, 6.45) is -0.854. The standard InChI is InChI=1S/C22H21ClF3N3O3/c23-15-3-1-13(2-4-15)21(31)28-7-5-27(6-8-28)18-11-29(12-19(18)30)22(32)14-9-16(24)20(26)17(25)10-14/h1-4,9-10,18-19,30H,5-8,11-12H2. The van der Waals surface area contributed by atoms with Crippen molar-refractivity contribution in [3.63, 3.8) is 0 Å². The molecule has 1 N–H and O–H groups in total. The topological polar surface area (TPSA) is 64.1 Å². The number of rotatable bonds is 3.